The van der Waals surface area contributed by atoms with Crippen LogP contribution in [0.4, 0.5) is 0 Å². The van der Waals surface area contributed by atoms with Gasteiger partial charge in [0.1, 0.15) is 5.15 Å². The number of aromatic nitrogens is 3. The molecule has 2 aromatic rings. The molecule has 0 amide bonds. The number of pyridine rings is 1. The van der Waals surface area contributed by atoms with Crippen LogP contribution in [0.2, 0.25) is 5.15 Å². The molecule has 0 spiro atoms. The van der Waals surface area contributed by atoms with Gasteiger partial charge < -0.3 is 0 Å². The molecule has 2 rings (SSSR count). The summed E-state index contributed by atoms with van der Waals surface area (Å²) in [6.45, 7) is 3.67. The van der Waals surface area contributed by atoms with Gasteiger partial charge in [-0.25, -0.2) is 4.79 Å². The monoisotopic (exact) mass is 265 g/mol. The minimum atomic E-state index is -0.508. The zero-order valence-electron chi connectivity index (χ0n) is 10.0. The van der Waals surface area contributed by atoms with Gasteiger partial charge in [0.15, 0.2) is 0 Å². The van der Waals surface area contributed by atoms with E-state index in [9.17, 15) is 9.59 Å². The molecule has 2 heterocycles. The van der Waals surface area contributed by atoms with Crippen molar-refractivity contribution in [3.05, 3.63) is 61.1 Å². The Morgan fingerprint density at radius 1 is 1.39 bits per heavy atom. The van der Waals surface area contributed by atoms with Crippen molar-refractivity contribution in [1.82, 2.24) is 14.5 Å². The lowest BCUT2D eigenvalue weighted by atomic mass is 10.1. The van der Waals surface area contributed by atoms with Crippen LogP contribution in [0, 0.1) is 13.8 Å². The average Bonchev–Trinajstić information content (AvgIpc) is 2.34. The van der Waals surface area contributed by atoms with Crippen LogP contribution >= 0.6 is 11.6 Å². The van der Waals surface area contributed by atoms with Gasteiger partial charge in [-0.15, -0.1) is 0 Å². The first-order valence-corrected chi connectivity index (χ1v) is 5.77. The smallest absolute Gasteiger partial charge is 0.297 e. The molecule has 0 aliphatic heterocycles. The number of aryl methyl sites for hydroxylation is 1. The van der Waals surface area contributed by atoms with E-state index >= 15 is 0 Å². The van der Waals surface area contributed by atoms with Gasteiger partial charge in [-0.05, 0) is 31.0 Å². The fourth-order valence-corrected chi connectivity index (χ4v) is 1.80. The van der Waals surface area contributed by atoms with Gasteiger partial charge in [0, 0.05) is 18.0 Å². The van der Waals surface area contributed by atoms with E-state index in [1.165, 1.54) is 0 Å². The van der Waals surface area contributed by atoms with Gasteiger partial charge in [0.2, 0.25) is 0 Å². The number of H-pyrrole nitrogens is 1. The summed E-state index contributed by atoms with van der Waals surface area (Å²) in [6.07, 6.45) is 3.32. The highest BCUT2D eigenvalue weighted by Crippen LogP contribution is 2.07. The zero-order valence-corrected chi connectivity index (χ0v) is 10.8. The first kappa shape index (κ1) is 12.6. The summed E-state index contributed by atoms with van der Waals surface area (Å²) >= 11 is 5.75. The van der Waals surface area contributed by atoms with Gasteiger partial charge in [0.05, 0.1) is 6.54 Å². The van der Waals surface area contributed by atoms with E-state index < -0.39 is 5.69 Å². The number of halogens is 1. The van der Waals surface area contributed by atoms with Crippen molar-refractivity contribution in [3.8, 4) is 0 Å². The maximum absolute atomic E-state index is 12.0. The van der Waals surface area contributed by atoms with E-state index in [4.69, 9.17) is 11.6 Å². The molecule has 94 valence electrons. The molecular formula is C12H12ClN3O2. The highest BCUT2D eigenvalue weighted by molar-refractivity contribution is 6.30. The molecule has 0 bridgehead atoms. The Hall–Kier alpha value is -1.88. The summed E-state index contributed by atoms with van der Waals surface area (Å²) in [5, 5.41) is 0.0905. The van der Waals surface area contributed by atoms with Crippen LogP contribution in [0.25, 0.3) is 0 Å². The predicted octanol–water partition coefficient (Wildman–Crippen LogP) is 1.25. The molecule has 0 radical (unpaired) electrons. The predicted molar refractivity (Wildman–Crippen MR) is 69.1 cm³/mol. The Bertz CT molecular complexity index is 703. The number of hydrogen-bond acceptors (Lipinski definition) is 3. The van der Waals surface area contributed by atoms with Crippen LogP contribution in [0.15, 0.2) is 28.0 Å². The summed E-state index contributed by atoms with van der Waals surface area (Å²) in [5.41, 5.74) is 1.26. The number of nitrogens with zero attached hydrogens (tertiary/aromatic N) is 2. The summed E-state index contributed by atoms with van der Waals surface area (Å²) in [6, 6.07) is 1.78. The second kappa shape index (κ2) is 4.78. The van der Waals surface area contributed by atoms with E-state index in [1.54, 1.807) is 25.4 Å². The lowest BCUT2D eigenvalue weighted by molar-refractivity contribution is 0.688. The van der Waals surface area contributed by atoms with Crippen LogP contribution in [-0.4, -0.2) is 14.5 Å². The Morgan fingerprint density at radius 3 is 2.78 bits per heavy atom. The van der Waals surface area contributed by atoms with Crippen LogP contribution in [0.5, 0.6) is 0 Å². The number of rotatable bonds is 2. The van der Waals surface area contributed by atoms with Crippen LogP contribution in [0.1, 0.15) is 16.7 Å². The van der Waals surface area contributed by atoms with Gasteiger partial charge in [0.25, 0.3) is 5.56 Å². The van der Waals surface area contributed by atoms with E-state index in [-0.39, 0.29) is 17.3 Å². The second-order valence-corrected chi connectivity index (χ2v) is 4.44. The van der Waals surface area contributed by atoms with Crippen molar-refractivity contribution < 1.29 is 0 Å². The van der Waals surface area contributed by atoms with E-state index in [2.05, 4.69) is 9.97 Å². The standard InChI is InChI=1S/C12H12ClN3O2/c1-7-5-14-4-3-9(7)6-16-11(17)8(2)10(13)15-12(16)18/h3-5H,6H2,1-2H3,(H,15,18). The largest absolute Gasteiger partial charge is 0.329 e. The van der Waals surface area contributed by atoms with Gasteiger partial charge >= 0.3 is 5.69 Å². The molecule has 2 aromatic heterocycles. The average molecular weight is 266 g/mol. The first-order valence-electron chi connectivity index (χ1n) is 5.39. The third-order valence-corrected chi connectivity index (χ3v) is 3.20. The van der Waals surface area contributed by atoms with Gasteiger partial charge in [-0.3, -0.25) is 19.3 Å². The Morgan fingerprint density at radius 2 is 2.11 bits per heavy atom. The SMILES string of the molecule is Cc1cnccc1Cn1c(=O)[nH]c(Cl)c(C)c1=O. The molecular weight excluding hydrogens is 254 g/mol. The maximum Gasteiger partial charge on any atom is 0.329 e. The summed E-state index contributed by atoms with van der Waals surface area (Å²) < 4.78 is 1.13. The van der Waals surface area contributed by atoms with Crippen molar-refractivity contribution in [3.63, 3.8) is 0 Å². The van der Waals surface area contributed by atoms with Crippen molar-refractivity contribution in [2.45, 2.75) is 20.4 Å². The molecule has 0 aliphatic rings. The minimum absolute atomic E-state index is 0.0905. The third-order valence-electron chi connectivity index (χ3n) is 2.82. The molecule has 1 N–H and O–H groups in total. The second-order valence-electron chi connectivity index (χ2n) is 4.06. The molecule has 0 atom stereocenters. The normalized spacial score (nSPS) is 10.6. The fraction of sp³-hybridized carbons (Fsp3) is 0.250. The molecule has 0 aromatic carbocycles. The van der Waals surface area contributed by atoms with Gasteiger partial charge in [-0.2, -0.15) is 0 Å². The van der Waals surface area contributed by atoms with E-state index in [0.717, 1.165) is 15.7 Å². The lowest BCUT2D eigenvalue weighted by Crippen LogP contribution is -2.37. The number of aromatic amines is 1. The lowest BCUT2D eigenvalue weighted by Gasteiger charge is -2.08. The molecule has 5 nitrogen and oxygen atoms in total. The van der Waals surface area contributed by atoms with Crippen molar-refractivity contribution in [1.29, 1.82) is 0 Å². The number of hydrogen-bond donors (Lipinski definition) is 1. The molecule has 6 heteroatoms. The summed E-state index contributed by atoms with van der Waals surface area (Å²) in [7, 11) is 0. The third kappa shape index (κ3) is 2.22. The molecule has 0 saturated heterocycles. The minimum Gasteiger partial charge on any atom is -0.297 e. The maximum atomic E-state index is 12.0. The molecule has 0 aliphatic carbocycles. The summed E-state index contributed by atoms with van der Waals surface area (Å²) in [5.74, 6) is 0. The Balaban J connectivity index is 2.55. The topological polar surface area (TPSA) is 67.8 Å². The molecule has 0 unspecified atom stereocenters. The Kier molecular flexibility index (Phi) is 3.34. The highest BCUT2D eigenvalue weighted by Gasteiger charge is 2.10. The van der Waals surface area contributed by atoms with E-state index in [1.807, 2.05) is 6.92 Å². The summed E-state index contributed by atoms with van der Waals surface area (Å²) in [4.78, 5) is 30.1. The molecule has 18 heavy (non-hydrogen) atoms. The zero-order chi connectivity index (χ0) is 13.3. The van der Waals surface area contributed by atoms with Crippen LogP contribution in [0.3, 0.4) is 0 Å². The molecule has 0 saturated carbocycles. The van der Waals surface area contributed by atoms with Crippen LogP contribution < -0.4 is 11.2 Å². The fourth-order valence-electron chi connectivity index (χ4n) is 1.64. The molecule has 0 fully saturated rings. The van der Waals surface area contributed by atoms with Crippen molar-refractivity contribution in [2.75, 3.05) is 0 Å². The first-order chi connectivity index (χ1) is 8.50. The van der Waals surface area contributed by atoms with Crippen LogP contribution in [-0.2, 0) is 6.54 Å². The van der Waals surface area contributed by atoms with E-state index in [0.29, 0.717) is 5.56 Å². The quantitative estimate of drug-likeness (QED) is 0.831. The highest BCUT2D eigenvalue weighted by atomic mass is 35.5. The Labute approximate surface area is 108 Å². The number of nitrogens with one attached hydrogen (secondary N) is 1. The van der Waals surface area contributed by atoms with Gasteiger partial charge in [-0.1, -0.05) is 11.6 Å². The van der Waals surface area contributed by atoms with Crippen molar-refractivity contribution in [2.24, 2.45) is 0 Å². The van der Waals surface area contributed by atoms with Crippen molar-refractivity contribution >= 4 is 11.6 Å².